The molecule has 1 aromatic heterocycles. The number of nitrogens with one attached hydrogen (secondary N) is 2. The van der Waals surface area contributed by atoms with Crippen LogP contribution in [0.25, 0.3) is 10.6 Å². The molecular weight excluding hydrogens is 326 g/mol. The van der Waals surface area contributed by atoms with Gasteiger partial charge in [0.15, 0.2) is 11.5 Å². The Hall–Kier alpha value is -2.12. The van der Waals surface area contributed by atoms with Crippen molar-refractivity contribution in [3.8, 4) is 22.1 Å². The molecule has 0 radical (unpaired) electrons. The molecule has 6 nitrogen and oxygen atoms in total. The lowest BCUT2D eigenvalue weighted by Crippen LogP contribution is -2.45. The van der Waals surface area contributed by atoms with Crippen LogP contribution in [-0.2, 0) is 0 Å². The fourth-order valence-electron chi connectivity index (χ4n) is 2.92. The van der Waals surface area contributed by atoms with Crippen molar-refractivity contribution in [2.45, 2.75) is 18.9 Å². The van der Waals surface area contributed by atoms with E-state index in [1.54, 1.807) is 5.38 Å². The summed E-state index contributed by atoms with van der Waals surface area (Å²) < 4.78 is 11.1. The van der Waals surface area contributed by atoms with E-state index >= 15 is 0 Å². The maximum atomic E-state index is 12.4. The van der Waals surface area contributed by atoms with Crippen LogP contribution >= 0.6 is 11.3 Å². The Morgan fingerprint density at radius 3 is 3.00 bits per heavy atom. The third-order valence-corrected chi connectivity index (χ3v) is 5.05. The van der Waals surface area contributed by atoms with E-state index in [1.165, 1.54) is 11.3 Å². The van der Waals surface area contributed by atoms with Crippen LogP contribution in [0, 0.1) is 0 Å². The Kier molecular flexibility index (Phi) is 4.36. The van der Waals surface area contributed by atoms with E-state index in [0.717, 1.165) is 48.0 Å². The second kappa shape index (κ2) is 6.78. The Morgan fingerprint density at radius 2 is 2.17 bits per heavy atom. The van der Waals surface area contributed by atoms with E-state index in [9.17, 15) is 4.79 Å². The maximum absolute atomic E-state index is 12.4. The van der Waals surface area contributed by atoms with Crippen LogP contribution < -0.4 is 20.1 Å². The molecule has 126 valence electrons. The first-order valence-corrected chi connectivity index (χ1v) is 9.05. The summed E-state index contributed by atoms with van der Waals surface area (Å²) in [6.45, 7) is 2.98. The lowest BCUT2D eigenvalue weighted by Gasteiger charge is -2.23. The van der Waals surface area contributed by atoms with Gasteiger partial charge in [-0.05, 0) is 37.6 Å². The summed E-state index contributed by atoms with van der Waals surface area (Å²) in [6.07, 6.45) is 2.10. The largest absolute Gasteiger partial charge is 0.486 e. The fraction of sp³-hybridized carbons (Fsp3) is 0.412. The van der Waals surface area contributed by atoms with E-state index in [-0.39, 0.29) is 11.9 Å². The highest BCUT2D eigenvalue weighted by Gasteiger charge is 2.19. The molecule has 1 amide bonds. The minimum Gasteiger partial charge on any atom is -0.486 e. The summed E-state index contributed by atoms with van der Waals surface area (Å²) in [4.78, 5) is 16.8. The van der Waals surface area contributed by atoms with E-state index in [0.29, 0.717) is 18.9 Å². The zero-order valence-electron chi connectivity index (χ0n) is 13.2. The minimum absolute atomic E-state index is 0.108. The van der Waals surface area contributed by atoms with Gasteiger partial charge < -0.3 is 20.1 Å². The summed E-state index contributed by atoms with van der Waals surface area (Å²) in [5.41, 5.74) is 1.40. The van der Waals surface area contributed by atoms with E-state index in [2.05, 4.69) is 15.6 Å². The zero-order valence-corrected chi connectivity index (χ0v) is 14.0. The SMILES string of the molecule is O=C(N[C@H]1CCCNC1)c1csc(-c2ccc3c(c2)OCCO3)n1. The van der Waals surface area contributed by atoms with Gasteiger partial charge in [-0.15, -0.1) is 11.3 Å². The number of nitrogens with zero attached hydrogens (tertiary/aromatic N) is 1. The Morgan fingerprint density at radius 1 is 1.29 bits per heavy atom. The van der Waals surface area contributed by atoms with Gasteiger partial charge in [0, 0.05) is 23.5 Å². The molecule has 2 N–H and O–H groups in total. The highest BCUT2D eigenvalue weighted by atomic mass is 32.1. The lowest BCUT2D eigenvalue weighted by molar-refractivity contribution is 0.0926. The number of fused-ring (bicyclic) bond motifs is 1. The monoisotopic (exact) mass is 345 g/mol. The number of hydrogen-bond donors (Lipinski definition) is 2. The van der Waals surface area contributed by atoms with Crippen molar-refractivity contribution in [2.75, 3.05) is 26.3 Å². The van der Waals surface area contributed by atoms with Crippen LogP contribution in [0.3, 0.4) is 0 Å². The maximum Gasteiger partial charge on any atom is 0.271 e. The molecule has 0 saturated carbocycles. The topological polar surface area (TPSA) is 72.5 Å². The summed E-state index contributed by atoms with van der Waals surface area (Å²) >= 11 is 1.46. The number of thiazole rings is 1. The first-order valence-electron chi connectivity index (χ1n) is 8.17. The molecule has 1 atom stereocenters. The highest BCUT2D eigenvalue weighted by Crippen LogP contribution is 2.35. The van der Waals surface area contributed by atoms with Crippen LogP contribution in [-0.4, -0.2) is 43.2 Å². The quantitative estimate of drug-likeness (QED) is 0.891. The Balaban J connectivity index is 1.48. The van der Waals surface area contributed by atoms with Gasteiger partial charge in [-0.1, -0.05) is 0 Å². The second-order valence-electron chi connectivity index (χ2n) is 5.91. The number of amides is 1. The highest BCUT2D eigenvalue weighted by molar-refractivity contribution is 7.13. The first kappa shape index (κ1) is 15.4. The van der Waals surface area contributed by atoms with Crippen LogP contribution in [0.1, 0.15) is 23.3 Å². The van der Waals surface area contributed by atoms with Gasteiger partial charge in [0.1, 0.15) is 23.9 Å². The molecule has 4 rings (SSSR count). The smallest absolute Gasteiger partial charge is 0.271 e. The summed E-state index contributed by atoms with van der Waals surface area (Å²) in [7, 11) is 0. The number of carbonyl (C=O) groups is 1. The summed E-state index contributed by atoms with van der Waals surface area (Å²) in [6, 6.07) is 5.93. The minimum atomic E-state index is -0.108. The predicted octanol–water partition coefficient (Wildman–Crippen LogP) is 2.06. The zero-order chi connectivity index (χ0) is 16.4. The molecule has 0 aliphatic carbocycles. The van der Waals surface area contributed by atoms with Gasteiger partial charge in [-0.2, -0.15) is 0 Å². The molecule has 2 aliphatic rings. The standard InChI is InChI=1S/C17H19N3O3S/c21-16(19-12-2-1-5-18-9-12)13-10-24-17(20-13)11-3-4-14-15(8-11)23-7-6-22-14/h3-4,8,10,12,18H,1-2,5-7,9H2,(H,19,21)/t12-/m0/s1. The number of benzene rings is 1. The van der Waals surface area contributed by atoms with Crippen LogP contribution in [0.2, 0.25) is 0 Å². The molecule has 24 heavy (non-hydrogen) atoms. The molecule has 0 spiro atoms. The van der Waals surface area contributed by atoms with Crippen molar-refractivity contribution in [1.29, 1.82) is 0 Å². The molecule has 1 fully saturated rings. The van der Waals surface area contributed by atoms with Crippen LogP contribution in [0.5, 0.6) is 11.5 Å². The van der Waals surface area contributed by atoms with E-state index < -0.39 is 0 Å². The number of rotatable bonds is 3. The predicted molar refractivity (Wildman–Crippen MR) is 91.9 cm³/mol. The van der Waals surface area contributed by atoms with Crippen molar-refractivity contribution in [2.24, 2.45) is 0 Å². The van der Waals surface area contributed by atoms with Crippen molar-refractivity contribution >= 4 is 17.2 Å². The second-order valence-corrected chi connectivity index (χ2v) is 6.77. The van der Waals surface area contributed by atoms with E-state index in [1.807, 2.05) is 18.2 Å². The number of hydrogen-bond acceptors (Lipinski definition) is 6. The fourth-order valence-corrected chi connectivity index (χ4v) is 3.72. The van der Waals surface area contributed by atoms with E-state index in [4.69, 9.17) is 9.47 Å². The normalized spacial score (nSPS) is 19.8. The van der Waals surface area contributed by atoms with Gasteiger partial charge in [-0.25, -0.2) is 4.98 Å². The first-order chi connectivity index (χ1) is 11.8. The number of carbonyl (C=O) groups excluding carboxylic acids is 1. The summed E-state index contributed by atoms with van der Waals surface area (Å²) in [5, 5.41) is 8.95. The third-order valence-electron chi connectivity index (χ3n) is 4.16. The Labute approximate surface area is 144 Å². The third kappa shape index (κ3) is 3.22. The van der Waals surface area contributed by atoms with Crippen molar-refractivity contribution in [3.63, 3.8) is 0 Å². The molecular formula is C17H19N3O3S. The van der Waals surface area contributed by atoms with Gasteiger partial charge in [0.25, 0.3) is 5.91 Å². The molecule has 2 aliphatic heterocycles. The van der Waals surface area contributed by atoms with Gasteiger partial charge >= 0.3 is 0 Å². The Bertz CT molecular complexity index is 740. The van der Waals surface area contributed by atoms with Gasteiger partial charge in [0.2, 0.25) is 0 Å². The molecule has 2 aromatic rings. The lowest BCUT2D eigenvalue weighted by atomic mass is 10.1. The molecule has 0 bridgehead atoms. The molecule has 1 aromatic carbocycles. The number of aromatic nitrogens is 1. The number of ether oxygens (including phenoxy) is 2. The van der Waals surface area contributed by atoms with Gasteiger partial charge in [-0.3, -0.25) is 4.79 Å². The molecule has 3 heterocycles. The van der Waals surface area contributed by atoms with Crippen molar-refractivity contribution in [1.82, 2.24) is 15.6 Å². The van der Waals surface area contributed by atoms with Crippen molar-refractivity contribution < 1.29 is 14.3 Å². The molecule has 0 unspecified atom stereocenters. The average Bonchev–Trinajstić information content (AvgIpc) is 3.12. The van der Waals surface area contributed by atoms with Gasteiger partial charge in [0.05, 0.1) is 0 Å². The summed E-state index contributed by atoms with van der Waals surface area (Å²) in [5.74, 6) is 1.38. The van der Waals surface area contributed by atoms with Crippen LogP contribution in [0.15, 0.2) is 23.6 Å². The molecule has 1 saturated heterocycles. The number of piperidine rings is 1. The van der Waals surface area contributed by atoms with Crippen LogP contribution in [0.4, 0.5) is 0 Å². The van der Waals surface area contributed by atoms with Crippen molar-refractivity contribution in [3.05, 3.63) is 29.3 Å². The average molecular weight is 345 g/mol. The molecule has 7 heteroatoms.